The number of rotatable bonds is 5. The average molecular weight is 307 g/mol. The molecule has 1 aliphatic carbocycles. The zero-order valence-corrected chi connectivity index (χ0v) is 12.3. The minimum absolute atomic E-state index is 0.239. The smallest absolute Gasteiger partial charge is 0.323 e. The molecule has 0 saturated heterocycles. The van der Waals surface area contributed by atoms with Crippen LogP contribution in [0.4, 0.5) is 0 Å². The molecule has 0 N–H and O–H groups in total. The Labute approximate surface area is 127 Å². The molecule has 1 atom stereocenters. The SMILES string of the molecule is CCOC(=O)C(c1nc(C2CC2)no1)c1ccccc1Cl. The van der Waals surface area contributed by atoms with Crippen molar-refractivity contribution in [2.24, 2.45) is 0 Å². The van der Waals surface area contributed by atoms with Crippen molar-refractivity contribution in [2.45, 2.75) is 31.6 Å². The minimum Gasteiger partial charge on any atom is -0.465 e. The molecule has 1 heterocycles. The number of esters is 1. The van der Waals surface area contributed by atoms with Crippen molar-refractivity contribution in [1.29, 1.82) is 0 Å². The molecule has 1 aliphatic rings. The van der Waals surface area contributed by atoms with Crippen LogP contribution in [0.15, 0.2) is 28.8 Å². The number of benzene rings is 1. The van der Waals surface area contributed by atoms with Gasteiger partial charge < -0.3 is 9.26 Å². The lowest BCUT2D eigenvalue weighted by molar-refractivity contribution is -0.144. The van der Waals surface area contributed by atoms with Crippen molar-refractivity contribution in [3.8, 4) is 0 Å². The van der Waals surface area contributed by atoms with E-state index in [0.29, 0.717) is 22.3 Å². The van der Waals surface area contributed by atoms with Crippen molar-refractivity contribution in [3.63, 3.8) is 0 Å². The van der Waals surface area contributed by atoms with Crippen LogP contribution in [0.25, 0.3) is 0 Å². The molecule has 0 radical (unpaired) electrons. The zero-order chi connectivity index (χ0) is 14.8. The third-order valence-corrected chi connectivity index (χ3v) is 3.73. The fourth-order valence-corrected chi connectivity index (χ4v) is 2.41. The van der Waals surface area contributed by atoms with Crippen molar-refractivity contribution in [1.82, 2.24) is 10.1 Å². The molecule has 3 rings (SSSR count). The van der Waals surface area contributed by atoms with Gasteiger partial charge >= 0.3 is 5.97 Å². The molecule has 0 aliphatic heterocycles. The Morgan fingerprint density at radius 2 is 2.24 bits per heavy atom. The Morgan fingerprint density at radius 1 is 1.48 bits per heavy atom. The highest BCUT2D eigenvalue weighted by Crippen LogP contribution is 2.39. The van der Waals surface area contributed by atoms with E-state index in [2.05, 4.69) is 10.1 Å². The van der Waals surface area contributed by atoms with Crippen LogP contribution in [-0.2, 0) is 9.53 Å². The first kappa shape index (κ1) is 14.1. The van der Waals surface area contributed by atoms with E-state index in [1.54, 1.807) is 25.1 Å². The molecule has 0 amide bonds. The van der Waals surface area contributed by atoms with Crippen LogP contribution in [-0.4, -0.2) is 22.7 Å². The molecule has 2 aromatic rings. The standard InChI is InChI=1S/C15H15ClN2O3/c1-2-20-15(19)12(10-5-3-4-6-11(10)16)14-17-13(18-21-14)9-7-8-9/h3-6,9,12H,2,7-8H2,1H3. The summed E-state index contributed by atoms with van der Waals surface area (Å²) in [6, 6.07) is 7.11. The van der Waals surface area contributed by atoms with Gasteiger partial charge in [0.1, 0.15) is 0 Å². The lowest BCUT2D eigenvalue weighted by atomic mass is 9.99. The topological polar surface area (TPSA) is 65.2 Å². The number of hydrogen-bond donors (Lipinski definition) is 0. The van der Waals surface area contributed by atoms with Crippen molar-refractivity contribution in [3.05, 3.63) is 46.6 Å². The van der Waals surface area contributed by atoms with E-state index in [1.807, 2.05) is 6.07 Å². The molecule has 1 fully saturated rings. The second-order valence-electron chi connectivity index (χ2n) is 4.97. The van der Waals surface area contributed by atoms with E-state index >= 15 is 0 Å². The molecule has 5 nitrogen and oxygen atoms in total. The normalized spacial score (nSPS) is 15.7. The largest absolute Gasteiger partial charge is 0.465 e. The van der Waals surface area contributed by atoms with Crippen LogP contribution in [0.2, 0.25) is 5.02 Å². The maximum atomic E-state index is 12.3. The van der Waals surface area contributed by atoms with Crippen LogP contribution in [0, 0.1) is 0 Å². The summed E-state index contributed by atoms with van der Waals surface area (Å²) >= 11 is 6.20. The fourth-order valence-electron chi connectivity index (χ4n) is 2.17. The maximum Gasteiger partial charge on any atom is 0.323 e. The summed E-state index contributed by atoms with van der Waals surface area (Å²) in [5.74, 6) is 0.0432. The number of hydrogen-bond acceptors (Lipinski definition) is 5. The first-order valence-corrected chi connectivity index (χ1v) is 7.33. The van der Waals surface area contributed by atoms with Gasteiger partial charge in [0.05, 0.1) is 6.61 Å². The molecule has 0 bridgehead atoms. The lowest BCUT2D eigenvalue weighted by Crippen LogP contribution is -2.18. The first-order chi connectivity index (χ1) is 10.2. The van der Waals surface area contributed by atoms with Gasteiger partial charge in [-0.2, -0.15) is 4.98 Å². The summed E-state index contributed by atoms with van der Waals surface area (Å²) < 4.78 is 10.4. The second kappa shape index (κ2) is 5.85. The highest BCUT2D eigenvalue weighted by Gasteiger charge is 2.35. The molecule has 0 spiro atoms. The van der Waals surface area contributed by atoms with Crippen molar-refractivity contribution in [2.75, 3.05) is 6.61 Å². The van der Waals surface area contributed by atoms with Crippen LogP contribution in [0.1, 0.15) is 48.9 Å². The Hall–Kier alpha value is -1.88. The number of carbonyl (C=O) groups is 1. The molecule has 1 aromatic heterocycles. The number of nitrogens with zero attached hydrogens (tertiary/aromatic N) is 2. The van der Waals surface area contributed by atoms with Crippen LogP contribution >= 0.6 is 11.6 Å². The molecular formula is C15H15ClN2O3. The third-order valence-electron chi connectivity index (χ3n) is 3.39. The van der Waals surface area contributed by atoms with Crippen LogP contribution in [0.3, 0.4) is 0 Å². The van der Waals surface area contributed by atoms with Gasteiger partial charge in [-0.25, -0.2) is 0 Å². The van der Waals surface area contributed by atoms with Gasteiger partial charge in [0.2, 0.25) is 5.89 Å². The van der Waals surface area contributed by atoms with Gasteiger partial charge in [-0.05, 0) is 31.4 Å². The average Bonchev–Trinajstić information content (AvgIpc) is 3.21. The van der Waals surface area contributed by atoms with Crippen molar-refractivity contribution >= 4 is 17.6 Å². The molecule has 21 heavy (non-hydrogen) atoms. The Morgan fingerprint density at radius 3 is 2.90 bits per heavy atom. The summed E-state index contributed by atoms with van der Waals surface area (Å²) in [7, 11) is 0. The Bertz CT molecular complexity index is 652. The summed E-state index contributed by atoms with van der Waals surface area (Å²) in [4.78, 5) is 16.6. The molecule has 1 saturated carbocycles. The van der Waals surface area contributed by atoms with Gasteiger partial charge in [0, 0.05) is 10.9 Å². The molecular weight excluding hydrogens is 292 g/mol. The number of ether oxygens (including phenoxy) is 1. The van der Waals surface area contributed by atoms with Gasteiger partial charge in [0.15, 0.2) is 11.7 Å². The number of halogens is 1. The van der Waals surface area contributed by atoms with Gasteiger partial charge in [-0.15, -0.1) is 0 Å². The first-order valence-electron chi connectivity index (χ1n) is 6.95. The Balaban J connectivity index is 1.98. The van der Waals surface area contributed by atoms with E-state index in [1.165, 1.54) is 0 Å². The van der Waals surface area contributed by atoms with E-state index < -0.39 is 11.9 Å². The second-order valence-corrected chi connectivity index (χ2v) is 5.38. The van der Waals surface area contributed by atoms with Gasteiger partial charge in [0.25, 0.3) is 0 Å². The van der Waals surface area contributed by atoms with Crippen LogP contribution in [0.5, 0.6) is 0 Å². The van der Waals surface area contributed by atoms with E-state index in [-0.39, 0.29) is 12.5 Å². The summed E-state index contributed by atoms with van der Waals surface area (Å²) in [6.45, 7) is 2.04. The monoisotopic (exact) mass is 306 g/mol. The molecule has 1 aromatic carbocycles. The molecule has 6 heteroatoms. The predicted octanol–water partition coefficient (Wildman–Crippen LogP) is 3.30. The van der Waals surface area contributed by atoms with Gasteiger partial charge in [-0.3, -0.25) is 4.79 Å². The predicted molar refractivity (Wildman–Crippen MR) is 76.2 cm³/mol. The lowest BCUT2D eigenvalue weighted by Gasteiger charge is -2.13. The number of aromatic nitrogens is 2. The summed E-state index contributed by atoms with van der Waals surface area (Å²) in [5, 5.41) is 4.43. The zero-order valence-electron chi connectivity index (χ0n) is 11.6. The summed E-state index contributed by atoms with van der Waals surface area (Å²) in [6.07, 6.45) is 2.13. The fraction of sp³-hybridized carbons (Fsp3) is 0.400. The Kier molecular flexibility index (Phi) is 3.92. The highest BCUT2D eigenvalue weighted by molar-refractivity contribution is 6.31. The van der Waals surface area contributed by atoms with Crippen LogP contribution < -0.4 is 0 Å². The molecule has 1 unspecified atom stereocenters. The minimum atomic E-state index is -0.779. The summed E-state index contributed by atoms with van der Waals surface area (Å²) in [5.41, 5.74) is 0.614. The van der Waals surface area contributed by atoms with E-state index in [9.17, 15) is 4.79 Å². The quantitative estimate of drug-likeness (QED) is 0.793. The van der Waals surface area contributed by atoms with E-state index in [4.69, 9.17) is 20.9 Å². The van der Waals surface area contributed by atoms with Gasteiger partial charge in [-0.1, -0.05) is 35.0 Å². The highest BCUT2D eigenvalue weighted by atomic mass is 35.5. The van der Waals surface area contributed by atoms with Crippen molar-refractivity contribution < 1.29 is 14.1 Å². The van der Waals surface area contributed by atoms with E-state index in [0.717, 1.165) is 12.8 Å². The third kappa shape index (κ3) is 2.93. The number of carbonyl (C=O) groups excluding carboxylic acids is 1. The maximum absolute atomic E-state index is 12.3. The molecule has 110 valence electrons.